The Morgan fingerprint density at radius 2 is 2.04 bits per heavy atom. The second-order valence-electron chi connectivity index (χ2n) is 4.98. The molecule has 0 bridgehead atoms. The van der Waals surface area contributed by atoms with Crippen LogP contribution in [0.3, 0.4) is 0 Å². The summed E-state index contributed by atoms with van der Waals surface area (Å²) in [6.45, 7) is 0.0161. The molecule has 0 N–H and O–H groups in total. The third-order valence-corrected chi connectivity index (χ3v) is 4.22. The van der Waals surface area contributed by atoms with E-state index >= 15 is 0 Å². The quantitative estimate of drug-likeness (QED) is 0.528. The third-order valence-electron chi connectivity index (χ3n) is 3.33. The molecule has 0 aliphatic rings. The minimum atomic E-state index is -0.547. The number of thiophene rings is 1. The van der Waals surface area contributed by atoms with E-state index in [2.05, 4.69) is 15.1 Å². The molecule has 118 valence electrons. The van der Waals surface area contributed by atoms with Crippen LogP contribution in [-0.2, 0) is 11.3 Å². The number of nitrogens with zero attached hydrogens (tertiary/aromatic N) is 3. The number of benzene rings is 1. The van der Waals surface area contributed by atoms with Gasteiger partial charge in [-0.3, -0.25) is 4.98 Å². The van der Waals surface area contributed by atoms with Gasteiger partial charge in [-0.05, 0) is 23.6 Å². The molecule has 0 saturated heterocycles. The van der Waals surface area contributed by atoms with Gasteiger partial charge in [0.15, 0.2) is 11.5 Å². The minimum absolute atomic E-state index is 0.0161. The normalized spacial score (nSPS) is 10.8. The van der Waals surface area contributed by atoms with Crippen molar-refractivity contribution in [3.05, 3.63) is 65.4 Å². The van der Waals surface area contributed by atoms with E-state index in [4.69, 9.17) is 9.26 Å². The van der Waals surface area contributed by atoms with Gasteiger partial charge >= 0.3 is 5.97 Å². The van der Waals surface area contributed by atoms with Crippen LogP contribution in [0.4, 0.5) is 0 Å². The van der Waals surface area contributed by atoms with Crippen LogP contribution in [-0.4, -0.2) is 21.1 Å². The topological polar surface area (TPSA) is 78.1 Å². The van der Waals surface area contributed by atoms with Crippen molar-refractivity contribution in [1.82, 2.24) is 15.1 Å². The lowest BCUT2D eigenvalue weighted by Gasteiger charge is -2.02. The van der Waals surface area contributed by atoms with Crippen molar-refractivity contribution >= 4 is 28.3 Å². The number of hydrogen-bond donors (Lipinski definition) is 0. The highest BCUT2D eigenvalue weighted by Gasteiger charge is 2.13. The first-order chi connectivity index (χ1) is 11.8. The molecule has 0 atom stereocenters. The first-order valence-electron chi connectivity index (χ1n) is 7.18. The van der Waals surface area contributed by atoms with Crippen molar-refractivity contribution in [2.45, 2.75) is 6.61 Å². The monoisotopic (exact) mass is 337 g/mol. The largest absolute Gasteiger partial charge is 0.454 e. The zero-order valence-corrected chi connectivity index (χ0v) is 13.2. The predicted octanol–water partition coefficient (Wildman–Crippen LogP) is 3.70. The van der Waals surface area contributed by atoms with Crippen LogP contribution in [0, 0.1) is 0 Å². The van der Waals surface area contributed by atoms with Crippen LogP contribution >= 0.6 is 11.3 Å². The molecule has 0 radical (unpaired) electrons. The van der Waals surface area contributed by atoms with Crippen LogP contribution in [0.2, 0.25) is 0 Å². The van der Waals surface area contributed by atoms with Crippen LogP contribution in [0.1, 0.15) is 16.2 Å². The summed E-state index contributed by atoms with van der Waals surface area (Å²) in [4.78, 5) is 21.5. The SMILES string of the molecule is O=C(OCc1cc(-c2cccs2)on1)c1cnc2ccccc2n1. The number of para-hydroxylation sites is 2. The maximum atomic E-state index is 12.1. The molecule has 0 amide bonds. The number of carbonyl (C=O) groups is 1. The van der Waals surface area contributed by atoms with E-state index in [-0.39, 0.29) is 12.3 Å². The van der Waals surface area contributed by atoms with Gasteiger partial charge in [0, 0.05) is 6.07 Å². The number of aromatic nitrogens is 3. The molecule has 0 saturated carbocycles. The summed E-state index contributed by atoms with van der Waals surface area (Å²) in [5.74, 6) is 0.107. The summed E-state index contributed by atoms with van der Waals surface area (Å²) in [6, 6.07) is 13.0. The van der Waals surface area contributed by atoms with E-state index in [0.29, 0.717) is 17.0 Å². The lowest BCUT2D eigenvalue weighted by molar-refractivity contribution is 0.0457. The second-order valence-corrected chi connectivity index (χ2v) is 5.93. The van der Waals surface area contributed by atoms with E-state index in [9.17, 15) is 4.79 Å². The van der Waals surface area contributed by atoms with Crippen LogP contribution in [0.25, 0.3) is 21.7 Å². The standard InChI is InChI=1S/C17H11N3O3S/c21-17(14-9-18-12-4-1-2-5-13(12)19-14)22-10-11-8-15(23-20-11)16-6-3-7-24-16/h1-9H,10H2. The van der Waals surface area contributed by atoms with Gasteiger partial charge in [-0.25, -0.2) is 9.78 Å². The van der Waals surface area contributed by atoms with E-state index in [1.165, 1.54) is 6.20 Å². The van der Waals surface area contributed by atoms with Crippen molar-refractivity contribution in [3.63, 3.8) is 0 Å². The van der Waals surface area contributed by atoms with E-state index in [1.54, 1.807) is 23.5 Å². The summed E-state index contributed by atoms with van der Waals surface area (Å²) in [5, 5.41) is 5.86. The number of fused-ring (bicyclic) bond motifs is 1. The fourth-order valence-corrected chi connectivity index (χ4v) is 2.86. The van der Waals surface area contributed by atoms with Gasteiger partial charge in [0.05, 0.1) is 22.1 Å². The lowest BCUT2D eigenvalue weighted by atomic mass is 10.3. The maximum Gasteiger partial charge on any atom is 0.358 e. The Bertz CT molecular complexity index is 995. The number of ether oxygens (including phenoxy) is 1. The Hall–Kier alpha value is -3.06. The summed E-state index contributed by atoms with van der Waals surface area (Å²) in [5.41, 5.74) is 2.08. The fraction of sp³-hybridized carbons (Fsp3) is 0.0588. The molecule has 0 fully saturated rings. The molecular weight excluding hydrogens is 326 g/mol. The molecule has 7 heteroatoms. The second kappa shape index (κ2) is 6.21. The summed E-state index contributed by atoms with van der Waals surface area (Å²) < 4.78 is 10.5. The summed E-state index contributed by atoms with van der Waals surface area (Å²) >= 11 is 1.55. The summed E-state index contributed by atoms with van der Waals surface area (Å²) in [6.07, 6.45) is 1.41. The van der Waals surface area contributed by atoms with Gasteiger partial charge in [-0.15, -0.1) is 11.3 Å². The van der Waals surface area contributed by atoms with Crippen molar-refractivity contribution < 1.29 is 14.1 Å². The molecule has 0 unspecified atom stereocenters. The Balaban J connectivity index is 1.46. The molecule has 24 heavy (non-hydrogen) atoms. The highest BCUT2D eigenvalue weighted by molar-refractivity contribution is 7.13. The molecule has 1 aromatic carbocycles. The number of hydrogen-bond acceptors (Lipinski definition) is 7. The molecule has 0 aliphatic heterocycles. The van der Waals surface area contributed by atoms with Crippen molar-refractivity contribution in [3.8, 4) is 10.6 Å². The Morgan fingerprint density at radius 3 is 2.88 bits per heavy atom. The van der Waals surface area contributed by atoms with Crippen molar-refractivity contribution in [2.75, 3.05) is 0 Å². The van der Waals surface area contributed by atoms with Crippen molar-refractivity contribution in [2.24, 2.45) is 0 Å². The van der Waals surface area contributed by atoms with Crippen molar-refractivity contribution in [1.29, 1.82) is 0 Å². The maximum absolute atomic E-state index is 12.1. The molecule has 6 nitrogen and oxygen atoms in total. The van der Waals surface area contributed by atoms with Gasteiger partial charge < -0.3 is 9.26 Å². The molecule has 3 heterocycles. The van der Waals surface area contributed by atoms with Crippen LogP contribution < -0.4 is 0 Å². The molecule has 0 spiro atoms. The fourth-order valence-electron chi connectivity index (χ4n) is 2.18. The van der Waals surface area contributed by atoms with E-state index < -0.39 is 5.97 Å². The smallest absolute Gasteiger partial charge is 0.358 e. The zero-order valence-electron chi connectivity index (χ0n) is 12.4. The average molecular weight is 337 g/mol. The first kappa shape index (κ1) is 14.5. The Morgan fingerprint density at radius 1 is 1.17 bits per heavy atom. The van der Waals surface area contributed by atoms with Gasteiger partial charge in [0.1, 0.15) is 12.3 Å². The minimum Gasteiger partial charge on any atom is -0.454 e. The highest BCUT2D eigenvalue weighted by atomic mass is 32.1. The van der Waals surface area contributed by atoms with E-state index in [1.807, 2.05) is 35.7 Å². The van der Waals surface area contributed by atoms with E-state index in [0.717, 1.165) is 10.4 Å². The van der Waals surface area contributed by atoms with Gasteiger partial charge in [0.2, 0.25) is 0 Å². The van der Waals surface area contributed by atoms with Crippen LogP contribution in [0.5, 0.6) is 0 Å². The lowest BCUT2D eigenvalue weighted by Crippen LogP contribution is -2.08. The third kappa shape index (κ3) is 2.89. The molecule has 4 rings (SSSR count). The van der Waals surface area contributed by atoms with Gasteiger partial charge in [-0.2, -0.15) is 0 Å². The van der Waals surface area contributed by atoms with Gasteiger partial charge in [0.25, 0.3) is 0 Å². The van der Waals surface area contributed by atoms with Gasteiger partial charge in [-0.1, -0.05) is 23.4 Å². The zero-order chi connectivity index (χ0) is 16.4. The molecule has 4 aromatic rings. The number of carbonyl (C=O) groups excluding carboxylic acids is 1. The Kier molecular flexibility index (Phi) is 3.76. The molecule has 3 aromatic heterocycles. The molecular formula is C17H11N3O3S. The molecule has 0 aliphatic carbocycles. The Labute approximate surface area is 140 Å². The summed E-state index contributed by atoms with van der Waals surface area (Å²) in [7, 11) is 0. The predicted molar refractivity (Wildman–Crippen MR) is 88.5 cm³/mol. The number of rotatable bonds is 4. The average Bonchev–Trinajstić information content (AvgIpc) is 3.30. The highest BCUT2D eigenvalue weighted by Crippen LogP contribution is 2.25. The van der Waals surface area contributed by atoms with Crippen LogP contribution in [0.15, 0.2) is 58.6 Å². The first-order valence-corrected chi connectivity index (χ1v) is 8.06. The number of esters is 1.